The number of nitrogens with one attached hydrogen (secondary N) is 10. The Balaban J connectivity index is 2.68. The molecule has 1 heterocycles. The standard InChI is InChI=1S/C55H95N15O14/c1-6-7-8-9-13-16-43(73)84-42(21-27-60)53(81)70-45(33(5)72)55(83)66-37(19-25-58)47(75)65-39-22-28-61-54(82)44(32(4)71)69-50(78)38(20-26-59)63-46(74)35(17-23-56)64-51(79)40(29-31(2)3)67-52(80)41(30-34-14-11-10-12-15-34)68-48(76)36(18-24-57)62-49(39)77/h10-12,14-15,31-33,35-42,44-45,71-72H,6-9,13,16-30,56-60H2,1-5H3,(H,61,82)(H,62,77)(H,63,74)(H,64,79)(H,65,75)(H,66,83)(H,67,80)(H,68,76)(H,69,78)(H,70,81)/t32?,33?,35-,36-,37-,38-,39-,40-,41+,42-,44-,45-/m0/s1. The highest BCUT2D eigenvalue weighted by Gasteiger charge is 2.38. The number of hydrogen-bond donors (Lipinski definition) is 17. The summed E-state index contributed by atoms with van der Waals surface area (Å²) in [5.74, 6) is -10.4. The number of hydrogen-bond acceptors (Lipinski definition) is 19. The molecule has 12 atom stereocenters. The number of carbonyl (C=O) groups excluding carboxylic acids is 11. The van der Waals surface area contributed by atoms with Crippen LogP contribution in [0.5, 0.6) is 0 Å². The van der Waals surface area contributed by atoms with E-state index in [9.17, 15) is 63.0 Å². The Labute approximate surface area is 491 Å². The molecule has 84 heavy (non-hydrogen) atoms. The van der Waals surface area contributed by atoms with Crippen LogP contribution in [0.1, 0.15) is 124 Å². The van der Waals surface area contributed by atoms with Crippen molar-refractivity contribution in [3.05, 3.63) is 35.9 Å². The fourth-order valence-electron chi connectivity index (χ4n) is 8.91. The van der Waals surface area contributed by atoms with Crippen LogP contribution in [0.15, 0.2) is 30.3 Å². The molecule has 0 aliphatic carbocycles. The highest BCUT2D eigenvalue weighted by atomic mass is 16.5. The van der Waals surface area contributed by atoms with E-state index in [1.807, 2.05) is 6.92 Å². The van der Waals surface area contributed by atoms with E-state index >= 15 is 0 Å². The summed E-state index contributed by atoms with van der Waals surface area (Å²) in [7, 11) is 0. The maximum absolute atomic E-state index is 14.5. The smallest absolute Gasteiger partial charge is 0.306 e. The van der Waals surface area contributed by atoms with Crippen molar-refractivity contribution in [3.63, 3.8) is 0 Å². The molecule has 10 amide bonds. The summed E-state index contributed by atoms with van der Waals surface area (Å²) in [6.45, 7) is 6.75. The number of unbranched alkanes of at least 4 members (excludes halogenated alkanes) is 4. The predicted molar refractivity (Wildman–Crippen MR) is 310 cm³/mol. The zero-order valence-electron chi connectivity index (χ0n) is 49.2. The van der Waals surface area contributed by atoms with Crippen molar-refractivity contribution in [2.45, 2.75) is 197 Å². The van der Waals surface area contributed by atoms with E-state index in [0.29, 0.717) is 12.0 Å². The second kappa shape index (κ2) is 39.6. The van der Waals surface area contributed by atoms with E-state index in [0.717, 1.165) is 25.7 Å². The maximum Gasteiger partial charge on any atom is 0.306 e. The average Bonchev–Trinajstić information content (AvgIpc) is 3.44. The summed E-state index contributed by atoms with van der Waals surface area (Å²) in [5.41, 5.74) is 29.8. The number of aliphatic hydroxyl groups is 2. The minimum Gasteiger partial charge on any atom is -0.452 e. The van der Waals surface area contributed by atoms with Crippen LogP contribution >= 0.6 is 0 Å². The van der Waals surface area contributed by atoms with Gasteiger partial charge in [-0.25, -0.2) is 0 Å². The zero-order valence-corrected chi connectivity index (χ0v) is 49.2. The lowest BCUT2D eigenvalue weighted by Crippen LogP contribution is -2.61. The van der Waals surface area contributed by atoms with Crippen molar-refractivity contribution in [3.8, 4) is 0 Å². The van der Waals surface area contributed by atoms with Gasteiger partial charge in [0.25, 0.3) is 5.91 Å². The first-order valence-corrected chi connectivity index (χ1v) is 29.1. The van der Waals surface area contributed by atoms with Crippen LogP contribution < -0.4 is 81.8 Å². The van der Waals surface area contributed by atoms with Gasteiger partial charge in [0.2, 0.25) is 53.2 Å². The summed E-state index contributed by atoms with van der Waals surface area (Å²) in [4.78, 5) is 153. The van der Waals surface area contributed by atoms with E-state index in [-0.39, 0.29) is 90.0 Å². The van der Waals surface area contributed by atoms with Gasteiger partial charge in [0.05, 0.1) is 12.2 Å². The molecule has 0 radical (unpaired) electrons. The van der Waals surface area contributed by atoms with Crippen molar-refractivity contribution in [2.24, 2.45) is 34.6 Å². The monoisotopic (exact) mass is 1190 g/mol. The summed E-state index contributed by atoms with van der Waals surface area (Å²) >= 11 is 0. The lowest BCUT2D eigenvalue weighted by molar-refractivity contribution is -0.157. The molecule has 0 saturated carbocycles. The average molecular weight is 1190 g/mol. The first-order valence-electron chi connectivity index (χ1n) is 29.1. The molecule has 2 unspecified atom stereocenters. The molecule has 1 aromatic rings. The number of rotatable bonds is 29. The van der Waals surface area contributed by atoms with Gasteiger partial charge < -0.3 is 96.8 Å². The molecular formula is C55H95N15O14. The van der Waals surface area contributed by atoms with E-state index in [2.05, 4.69) is 53.2 Å². The van der Waals surface area contributed by atoms with Crippen molar-refractivity contribution >= 4 is 65.0 Å². The van der Waals surface area contributed by atoms with Crippen LogP contribution in [0.2, 0.25) is 0 Å². The van der Waals surface area contributed by atoms with Crippen molar-refractivity contribution in [1.82, 2.24) is 53.2 Å². The van der Waals surface area contributed by atoms with Crippen LogP contribution in [0.3, 0.4) is 0 Å². The van der Waals surface area contributed by atoms with E-state index in [1.54, 1.807) is 44.2 Å². The first-order chi connectivity index (χ1) is 39.9. The van der Waals surface area contributed by atoms with Gasteiger partial charge in [-0.05, 0) is 103 Å². The lowest BCUT2D eigenvalue weighted by Gasteiger charge is -2.29. The first kappa shape index (κ1) is 73.2. The molecule has 1 aliphatic rings. The van der Waals surface area contributed by atoms with Crippen LogP contribution in [0.4, 0.5) is 0 Å². The summed E-state index contributed by atoms with van der Waals surface area (Å²) in [6, 6.07) is -5.13. The van der Waals surface area contributed by atoms with Crippen LogP contribution in [0, 0.1) is 5.92 Å². The summed E-state index contributed by atoms with van der Waals surface area (Å²) < 4.78 is 5.41. The van der Waals surface area contributed by atoms with Gasteiger partial charge in [-0.3, -0.25) is 52.7 Å². The van der Waals surface area contributed by atoms with Gasteiger partial charge in [0, 0.05) is 25.8 Å². The molecule has 0 spiro atoms. The van der Waals surface area contributed by atoms with E-state index in [4.69, 9.17) is 33.4 Å². The number of ether oxygens (including phenoxy) is 1. The molecule has 29 heteroatoms. The number of aliphatic hydroxyl groups excluding tert-OH is 2. The quantitative estimate of drug-likeness (QED) is 0.0264. The molecule has 0 aromatic heterocycles. The van der Waals surface area contributed by atoms with Crippen LogP contribution in [-0.2, 0) is 63.9 Å². The van der Waals surface area contributed by atoms with Crippen molar-refractivity contribution < 1.29 is 67.7 Å². The summed E-state index contributed by atoms with van der Waals surface area (Å²) in [5, 5.41) is 46.8. The Morgan fingerprint density at radius 1 is 0.595 bits per heavy atom. The Bertz CT molecular complexity index is 2280. The van der Waals surface area contributed by atoms with Gasteiger partial charge in [-0.2, -0.15) is 0 Å². The molecule has 1 saturated heterocycles. The van der Waals surface area contributed by atoms with Gasteiger partial charge in [-0.1, -0.05) is 76.8 Å². The van der Waals surface area contributed by atoms with Gasteiger partial charge >= 0.3 is 5.97 Å². The van der Waals surface area contributed by atoms with Crippen LogP contribution in [-0.4, -0.2) is 187 Å². The second-order valence-corrected chi connectivity index (χ2v) is 21.3. The highest BCUT2D eigenvalue weighted by Crippen LogP contribution is 2.13. The molecule has 474 valence electrons. The zero-order chi connectivity index (χ0) is 62.9. The second-order valence-electron chi connectivity index (χ2n) is 21.3. The van der Waals surface area contributed by atoms with Crippen LogP contribution in [0.25, 0.3) is 0 Å². The molecule has 0 bridgehead atoms. The fraction of sp³-hybridized carbons (Fsp3) is 0.691. The van der Waals surface area contributed by atoms with Crippen molar-refractivity contribution in [1.29, 1.82) is 0 Å². The minimum absolute atomic E-state index is 0.0330. The van der Waals surface area contributed by atoms with Gasteiger partial charge in [-0.15, -0.1) is 0 Å². The van der Waals surface area contributed by atoms with E-state index in [1.165, 1.54) is 13.8 Å². The number of benzene rings is 1. The Morgan fingerprint density at radius 3 is 1.63 bits per heavy atom. The van der Waals surface area contributed by atoms with Gasteiger partial charge in [0.15, 0.2) is 6.10 Å². The number of esters is 1. The molecule has 22 N–H and O–H groups in total. The lowest BCUT2D eigenvalue weighted by atomic mass is 10.00. The van der Waals surface area contributed by atoms with E-state index < -0.39 is 151 Å². The maximum atomic E-state index is 14.5. The number of nitrogens with two attached hydrogens (primary N) is 5. The third kappa shape index (κ3) is 26.4. The topological polar surface area (TPSA) is 488 Å². The molecule has 1 aromatic carbocycles. The Morgan fingerprint density at radius 2 is 1.11 bits per heavy atom. The van der Waals surface area contributed by atoms with Crippen molar-refractivity contribution in [2.75, 3.05) is 39.3 Å². The predicted octanol–water partition coefficient (Wildman–Crippen LogP) is -5.06. The molecule has 29 nitrogen and oxygen atoms in total. The largest absolute Gasteiger partial charge is 0.452 e. The normalized spacial score (nSPS) is 22.6. The highest BCUT2D eigenvalue weighted by molar-refractivity contribution is 5.99. The number of carbonyl (C=O) groups is 11. The SMILES string of the molecule is CCCCCCCC(=O)O[C@@H](CCN)C(=O)N[C@H](C(=O)N[C@@H](CCN)C(=O)N[C@H]1CCNC(=O)[C@H](C(C)O)NC(=O)[C@H](CCN)NC(=O)[C@H](CCN)NC(=O)[C@H](CC(C)C)NC(=O)[C@@H](Cc2ccccc2)NC(=O)[C@H](CCN)NC1=O)C(C)O. The third-order valence-corrected chi connectivity index (χ3v) is 13.6. The van der Waals surface area contributed by atoms with Gasteiger partial charge in [0.1, 0.15) is 54.4 Å². The Hall–Kier alpha value is -6.89. The molecule has 1 fully saturated rings. The minimum atomic E-state index is -1.74. The molecule has 1 aliphatic heterocycles. The Kier molecular flexibility index (Phi) is 34.5. The third-order valence-electron chi connectivity index (χ3n) is 13.6. The fourth-order valence-corrected chi connectivity index (χ4v) is 8.91. The summed E-state index contributed by atoms with van der Waals surface area (Å²) in [6.07, 6.45) is -1.85. The molecule has 2 rings (SSSR count). The molecular weight excluding hydrogens is 1090 g/mol. The number of amides is 10.